The van der Waals surface area contributed by atoms with Crippen LogP contribution in [0.15, 0.2) is 30.3 Å². The molecule has 1 aromatic carbocycles. The Hall–Kier alpha value is -0.344. The number of hydrogen-bond donors (Lipinski definition) is 0. The van der Waals surface area contributed by atoms with Gasteiger partial charge in [-0.05, 0) is 12.1 Å². The van der Waals surface area contributed by atoms with E-state index in [1.165, 1.54) is 24.3 Å². The fraction of sp³-hybridized carbons (Fsp3) is 0.143. The number of nitro groups is 2. The number of rotatable bonds is 3. The SMILES string of the molecule is O=[N+]([O-])C(c1ccccc1)[N+](=O)[O-].[K]. The van der Waals surface area contributed by atoms with Gasteiger partial charge in [0.25, 0.3) is 0 Å². The first-order valence-electron chi connectivity index (χ1n) is 3.45. The molecule has 6 nitrogen and oxygen atoms in total. The van der Waals surface area contributed by atoms with Gasteiger partial charge in [-0.3, -0.25) is 20.2 Å². The normalized spacial score (nSPS) is 9.21. The Morgan fingerprint density at radius 2 is 1.43 bits per heavy atom. The third-order valence-electron chi connectivity index (χ3n) is 1.50. The average molecular weight is 221 g/mol. The predicted molar refractivity (Wildman–Crippen MR) is 48.9 cm³/mol. The minimum Gasteiger partial charge on any atom is -0.258 e. The van der Waals surface area contributed by atoms with Crippen LogP contribution in [0.4, 0.5) is 0 Å². The van der Waals surface area contributed by atoms with E-state index in [2.05, 4.69) is 0 Å². The molecule has 0 unspecified atom stereocenters. The van der Waals surface area contributed by atoms with Gasteiger partial charge in [0.05, 0.1) is 0 Å². The van der Waals surface area contributed by atoms with Crippen LogP contribution in [0, 0.1) is 20.2 Å². The van der Waals surface area contributed by atoms with E-state index in [-0.39, 0.29) is 56.9 Å². The number of hydrogen-bond acceptors (Lipinski definition) is 4. The quantitative estimate of drug-likeness (QED) is 0.328. The van der Waals surface area contributed by atoms with Crippen LogP contribution in [0.1, 0.15) is 11.7 Å². The van der Waals surface area contributed by atoms with Gasteiger partial charge in [0, 0.05) is 51.4 Å². The molecule has 0 spiro atoms. The van der Waals surface area contributed by atoms with Gasteiger partial charge in [0.2, 0.25) is 0 Å². The van der Waals surface area contributed by atoms with Crippen molar-refractivity contribution in [2.45, 2.75) is 6.17 Å². The second-order valence-corrected chi connectivity index (χ2v) is 2.36. The first kappa shape index (κ1) is 13.7. The Kier molecular flexibility index (Phi) is 6.05. The van der Waals surface area contributed by atoms with E-state index in [9.17, 15) is 20.2 Å². The van der Waals surface area contributed by atoms with E-state index in [0.717, 1.165) is 0 Å². The molecule has 0 aromatic heterocycles. The fourth-order valence-electron chi connectivity index (χ4n) is 0.946. The van der Waals surface area contributed by atoms with E-state index in [4.69, 9.17) is 0 Å². The molecule has 0 amide bonds. The van der Waals surface area contributed by atoms with Crippen LogP contribution in [0.3, 0.4) is 0 Å². The Bertz CT molecular complexity index is 316. The Morgan fingerprint density at radius 1 is 1.00 bits per heavy atom. The van der Waals surface area contributed by atoms with Gasteiger partial charge in [-0.25, -0.2) is 0 Å². The standard InChI is InChI=1S/C7H6N2O4.K/c10-8(11)7(9(12)13)6-4-2-1-3-5-6;/h1-5,7H;. The van der Waals surface area contributed by atoms with Gasteiger partial charge in [-0.2, -0.15) is 0 Å². The van der Waals surface area contributed by atoms with Crippen LogP contribution in [-0.4, -0.2) is 61.2 Å². The summed E-state index contributed by atoms with van der Waals surface area (Å²) in [4.78, 5) is 18.8. The summed E-state index contributed by atoms with van der Waals surface area (Å²) in [5.74, 6) is 0. The summed E-state index contributed by atoms with van der Waals surface area (Å²) in [6, 6.07) is 7.40. The minimum atomic E-state index is -1.86. The zero-order chi connectivity index (χ0) is 9.84. The summed E-state index contributed by atoms with van der Waals surface area (Å²) in [5, 5.41) is 20.6. The molecule has 1 rings (SSSR count). The monoisotopic (exact) mass is 221 g/mol. The summed E-state index contributed by atoms with van der Waals surface area (Å²) < 4.78 is 0. The van der Waals surface area contributed by atoms with E-state index in [1.807, 2.05) is 0 Å². The number of nitrogens with zero attached hydrogens (tertiary/aromatic N) is 2. The number of benzene rings is 1. The second-order valence-electron chi connectivity index (χ2n) is 2.36. The molecule has 1 radical (unpaired) electrons. The topological polar surface area (TPSA) is 86.3 Å². The van der Waals surface area contributed by atoms with Crippen LogP contribution in [0.25, 0.3) is 0 Å². The van der Waals surface area contributed by atoms with Crippen molar-refractivity contribution in [1.82, 2.24) is 0 Å². The molecule has 0 fully saturated rings. The van der Waals surface area contributed by atoms with E-state index in [1.54, 1.807) is 6.07 Å². The third-order valence-corrected chi connectivity index (χ3v) is 1.50. The van der Waals surface area contributed by atoms with Gasteiger partial charge in [-0.15, -0.1) is 0 Å². The smallest absolute Gasteiger partial charge is 0.258 e. The molecule has 0 aliphatic heterocycles. The van der Waals surface area contributed by atoms with Gasteiger partial charge in [-0.1, -0.05) is 18.2 Å². The average Bonchev–Trinajstić information content (AvgIpc) is 2.04. The molecule has 14 heavy (non-hydrogen) atoms. The molecule has 7 heteroatoms. The van der Waals surface area contributed by atoms with Crippen LogP contribution < -0.4 is 0 Å². The van der Waals surface area contributed by atoms with Gasteiger partial charge < -0.3 is 0 Å². The van der Waals surface area contributed by atoms with E-state index >= 15 is 0 Å². The van der Waals surface area contributed by atoms with Crippen molar-refractivity contribution in [3.63, 3.8) is 0 Å². The molecule has 0 aliphatic carbocycles. The molecule has 0 heterocycles. The maximum absolute atomic E-state index is 10.3. The van der Waals surface area contributed by atoms with Crippen molar-refractivity contribution in [1.29, 1.82) is 0 Å². The van der Waals surface area contributed by atoms with E-state index < -0.39 is 16.0 Å². The van der Waals surface area contributed by atoms with E-state index in [0.29, 0.717) is 0 Å². The molecular weight excluding hydrogens is 215 g/mol. The van der Waals surface area contributed by atoms with Crippen molar-refractivity contribution in [2.75, 3.05) is 0 Å². The summed E-state index contributed by atoms with van der Waals surface area (Å²) in [6.07, 6.45) is -1.86. The molecule has 0 atom stereocenters. The Morgan fingerprint density at radius 3 is 1.79 bits per heavy atom. The van der Waals surface area contributed by atoms with Crippen molar-refractivity contribution < 1.29 is 9.85 Å². The minimum absolute atomic E-state index is 0. The zero-order valence-electron chi connectivity index (χ0n) is 7.49. The van der Waals surface area contributed by atoms with Crippen molar-refractivity contribution >= 4 is 51.4 Å². The molecule has 0 N–H and O–H groups in total. The van der Waals surface area contributed by atoms with Crippen LogP contribution in [0.5, 0.6) is 0 Å². The van der Waals surface area contributed by atoms with Crippen LogP contribution in [0.2, 0.25) is 0 Å². The first-order valence-corrected chi connectivity index (χ1v) is 3.45. The molecular formula is C7H6KN2O4. The summed E-state index contributed by atoms with van der Waals surface area (Å²) >= 11 is 0. The van der Waals surface area contributed by atoms with Gasteiger partial charge in [0.1, 0.15) is 15.4 Å². The summed E-state index contributed by atoms with van der Waals surface area (Å²) in [7, 11) is 0. The molecule has 0 bridgehead atoms. The Balaban J connectivity index is 0.00000169. The maximum atomic E-state index is 10.3. The first-order chi connectivity index (χ1) is 6.13. The van der Waals surface area contributed by atoms with Gasteiger partial charge >= 0.3 is 6.17 Å². The van der Waals surface area contributed by atoms with Crippen molar-refractivity contribution in [2.24, 2.45) is 0 Å². The van der Waals surface area contributed by atoms with Crippen LogP contribution >= 0.6 is 0 Å². The predicted octanol–water partition coefficient (Wildman–Crippen LogP) is 0.858. The molecule has 1 aromatic rings. The summed E-state index contributed by atoms with van der Waals surface area (Å²) in [6.45, 7) is 0. The van der Waals surface area contributed by atoms with Crippen molar-refractivity contribution in [3.05, 3.63) is 56.1 Å². The fourth-order valence-corrected chi connectivity index (χ4v) is 0.946. The van der Waals surface area contributed by atoms with Crippen LogP contribution in [-0.2, 0) is 0 Å². The summed E-state index contributed by atoms with van der Waals surface area (Å²) in [5.41, 5.74) is 0.0810. The van der Waals surface area contributed by atoms with Crippen molar-refractivity contribution in [3.8, 4) is 0 Å². The third kappa shape index (κ3) is 3.43. The maximum Gasteiger partial charge on any atom is 0.476 e. The Labute approximate surface area is 122 Å². The molecule has 69 valence electrons. The zero-order valence-corrected chi connectivity index (χ0v) is 10.6. The largest absolute Gasteiger partial charge is 0.476 e. The second kappa shape index (κ2) is 6.20. The molecule has 0 saturated heterocycles. The molecule has 0 saturated carbocycles. The van der Waals surface area contributed by atoms with Gasteiger partial charge in [0.15, 0.2) is 0 Å². The molecule has 0 aliphatic rings.